The van der Waals surface area contributed by atoms with Gasteiger partial charge in [0.05, 0.1) is 27.6 Å². The average Bonchev–Trinajstić information content (AvgIpc) is 2.97. The Morgan fingerprint density at radius 1 is 1.26 bits per heavy atom. The molecule has 144 valence electrons. The highest BCUT2D eigenvalue weighted by Crippen LogP contribution is 2.34. The summed E-state index contributed by atoms with van der Waals surface area (Å²) >= 11 is 8.65. The third-order valence-electron chi connectivity index (χ3n) is 3.70. The van der Waals surface area contributed by atoms with Crippen LogP contribution in [0.5, 0.6) is 0 Å². The van der Waals surface area contributed by atoms with E-state index < -0.39 is 11.9 Å². The summed E-state index contributed by atoms with van der Waals surface area (Å²) in [6.07, 6.45) is 1.89. The van der Waals surface area contributed by atoms with Gasteiger partial charge < -0.3 is 15.4 Å². The lowest BCUT2D eigenvalue weighted by Gasteiger charge is -2.09. The summed E-state index contributed by atoms with van der Waals surface area (Å²) in [5.74, 6) is -1.40. The maximum atomic E-state index is 12.7. The van der Waals surface area contributed by atoms with Crippen molar-refractivity contribution < 1.29 is 19.1 Å². The molecule has 9 heteroatoms. The number of thioether (sulfide) groups is 1. The van der Waals surface area contributed by atoms with E-state index in [2.05, 4.69) is 10.6 Å². The Labute approximate surface area is 170 Å². The van der Waals surface area contributed by atoms with Crippen LogP contribution in [0.4, 0.5) is 5.00 Å². The molecule has 0 spiro atoms. The molecule has 0 aliphatic heterocycles. The zero-order chi connectivity index (χ0) is 20.1. The van der Waals surface area contributed by atoms with Gasteiger partial charge in [-0.1, -0.05) is 11.6 Å². The van der Waals surface area contributed by atoms with Crippen LogP contribution in [0.25, 0.3) is 0 Å². The van der Waals surface area contributed by atoms with Crippen molar-refractivity contribution in [3.8, 4) is 0 Å². The van der Waals surface area contributed by atoms with Crippen LogP contribution in [-0.4, -0.2) is 37.7 Å². The molecule has 2 aromatic rings. The first-order valence-corrected chi connectivity index (χ1v) is 10.4. The molecule has 0 saturated carbocycles. The minimum absolute atomic E-state index is 0.172. The number of thiophene rings is 1. The van der Waals surface area contributed by atoms with Crippen LogP contribution in [0.1, 0.15) is 42.9 Å². The van der Waals surface area contributed by atoms with E-state index in [4.69, 9.17) is 16.3 Å². The number of nitrogens with one attached hydrogen (secondary N) is 2. The normalized spacial score (nSPS) is 10.4. The molecule has 0 aliphatic rings. The second kappa shape index (κ2) is 9.25. The first-order valence-electron chi connectivity index (χ1n) is 8.01. The summed E-state index contributed by atoms with van der Waals surface area (Å²) < 4.78 is 5.08. The molecule has 0 radical (unpaired) electrons. The average molecular weight is 427 g/mol. The van der Waals surface area contributed by atoms with Crippen LogP contribution in [0.2, 0.25) is 5.02 Å². The van der Waals surface area contributed by atoms with Crippen LogP contribution in [0.3, 0.4) is 0 Å². The van der Waals surface area contributed by atoms with Crippen molar-refractivity contribution in [3.05, 3.63) is 44.8 Å². The molecule has 2 N–H and O–H groups in total. The van der Waals surface area contributed by atoms with E-state index in [1.54, 1.807) is 26.0 Å². The Bertz CT molecular complexity index is 896. The topological polar surface area (TPSA) is 84.5 Å². The van der Waals surface area contributed by atoms with Gasteiger partial charge in [-0.2, -0.15) is 0 Å². The Balaban J connectivity index is 2.46. The molecule has 0 saturated heterocycles. The highest BCUT2D eigenvalue weighted by atomic mass is 35.5. The second-order valence-corrected chi connectivity index (χ2v) is 7.67. The molecule has 0 fully saturated rings. The van der Waals surface area contributed by atoms with Crippen molar-refractivity contribution in [1.29, 1.82) is 0 Å². The van der Waals surface area contributed by atoms with Gasteiger partial charge in [0.2, 0.25) is 0 Å². The number of hydrogen-bond acceptors (Lipinski definition) is 6. The van der Waals surface area contributed by atoms with Crippen LogP contribution >= 0.6 is 34.7 Å². The van der Waals surface area contributed by atoms with Crippen molar-refractivity contribution in [2.24, 2.45) is 0 Å². The summed E-state index contributed by atoms with van der Waals surface area (Å²) in [7, 11) is 1.50. The van der Waals surface area contributed by atoms with Gasteiger partial charge in [0.25, 0.3) is 11.8 Å². The molecular formula is C18H19ClN2O4S2. The summed E-state index contributed by atoms with van der Waals surface area (Å²) in [6, 6.07) is 5.13. The zero-order valence-electron chi connectivity index (χ0n) is 15.3. The Morgan fingerprint density at radius 2 is 1.96 bits per heavy atom. The first kappa shape index (κ1) is 21.3. The van der Waals surface area contributed by atoms with E-state index in [1.165, 1.54) is 18.8 Å². The molecule has 2 amide bonds. The Hall–Kier alpha value is -2.03. The van der Waals surface area contributed by atoms with E-state index >= 15 is 0 Å². The van der Waals surface area contributed by atoms with Gasteiger partial charge in [0, 0.05) is 11.9 Å². The SMILES string of the molecule is CCOC(=O)c1c(NC(=O)c2cc(SC)ccc2Cl)sc(C(=O)NC)c1C. The van der Waals surface area contributed by atoms with Crippen molar-refractivity contribution in [1.82, 2.24) is 5.32 Å². The maximum absolute atomic E-state index is 12.7. The Morgan fingerprint density at radius 3 is 2.56 bits per heavy atom. The summed E-state index contributed by atoms with van der Waals surface area (Å²) in [5, 5.41) is 5.77. The minimum Gasteiger partial charge on any atom is -0.462 e. The van der Waals surface area contributed by atoms with Crippen LogP contribution < -0.4 is 10.6 Å². The fourth-order valence-electron chi connectivity index (χ4n) is 2.36. The standard InChI is InChI=1S/C18H19ClN2O4S2/c1-5-25-18(24)13-9(2)14(16(23)20-3)27-17(13)21-15(22)11-8-10(26-4)6-7-12(11)19/h6-8H,5H2,1-4H3,(H,20,23)(H,21,22). The number of hydrogen-bond donors (Lipinski definition) is 2. The fraction of sp³-hybridized carbons (Fsp3) is 0.278. The van der Waals surface area contributed by atoms with Crippen molar-refractivity contribution in [2.75, 3.05) is 25.2 Å². The van der Waals surface area contributed by atoms with Crippen LogP contribution in [0.15, 0.2) is 23.1 Å². The third kappa shape index (κ3) is 4.63. The maximum Gasteiger partial charge on any atom is 0.341 e. The number of rotatable bonds is 6. The van der Waals surface area contributed by atoms with Crippen LogP contribution in [0, 0.1) is 6.92 Å². The van der Waals surface area contributed by atoms with Gasteiger partial charge in [-0.3, -0.25) is 9.59 Å². The van der Waals surface area contributed by atoms with E-state index in [0.717, 1.165) is 16.2 Å². The molecule has 0 unspecified atom stereocenters. The first-order chi connectivity index (χ1) is 12.8. The molecular weight excluding hydrogens is 408 g/mol. The monoisotopic (exact) mass is 426 g/mol. The van der Waals surface area contributed by atoms with Gasteiger partial charge in [-0.15, -0.1) is 23.1 Å². The van der Waals surface area contributed by atoms with Gasteiger partial charge in [-0.25, -0.2) is 4.79 Å². The second-order valence-electron chi connectivity index (χ2n) is 5.36. The molecule has 0 atom stereocenters. The van der Waals surface area contributed by atoms with E-state index in [-0.39, 0.29) is 28.6 Å². The minimum atomic E-state index is -0.597. The van der Waals surface area contributed by atoms with E-state index in [9.17, 15) is 14.4 Å². The number of amides is 2. The Kier molecular flexibility index (Phi) is 7.29. The molecule has 0 bridgehead atoms. The number of benzene rings is 1. The smallest absolute Gasteiger partial charge is 0.341 e. The largest absolute Gasteiger partial charge is 0.462 e. The molecule has 1 heterocycles. The number of anilines is 1. The van der Waals surface area contributed by atoms with Crippen LogP contribution in [-0.2, 0) is 4.74 Å². The quantitative estimate of drug-likeness (QED) is 0.533. The number of esters is 1. The molecule has 1 aromatic heterocycles. The fourth-order valence-corrected chi connectivity index (χ4v) is 4.14. The molecule has 2 rings (SSSR count). The van der Waals surface area contributed by atoms with Crippen molar-refractivity contribution in [2.45, 2.75) is 18.7 Å². The predicted octanol–water partition coefficient (Wildman–Crippen LogP) is 4.22. The van der Waals surface area contributed by atoms with Gasteiger partial charge in [0.15, 0.2) is 0 Å². The van der Waals surface area contributed by atoms with E-state index in [1.807, 2.05) is 12.3 Å². The third-order valence-corrected chi connectivity index (χ3v) is 5.97. The summed E-state index contributed by atoms with van der Waals surface area (Å²) in [5.41, 5.74) is 0.911. The predicted molar refractivity (Wildman–Crippen MR) is 110 cm³/mol. The number of halogens is 1. The summed E-state index contributed by atoms with van der Waals surface area (Å²) in [4.78, 5) is 38.4. The lowest BCUT2D eigenvalue weighted by atomic mass is 10.1. The molecule has 27 heavy (non-hydrogen) atoms. The zero-order valence-corrected chi connectivity index (χ0v) is 17.7. The lowest BCUT2D eigenvalue weighted by Crippen LogP contribution is -2.18. The molecule has 6 nitrogen and oxygen atoms in total. The number of carbonyl (C=O) groups is 3. The van der Waals surface area contributed by atoms with Crippen molar-refractivity contribution in [3.63, 3.8) is 0 Å². The molecule has 1 aromatic carbocycles. The number of ether oxygens (including phenoxy) is 1. The number of carbonyl (C=O) groups excluding carboxylic acids is 3. The van der Waals surface area contributed by atoms with E-state index in [0.29, 0.717) is 15.5 Å². The van der Waals surface area contributed by atoms with Crippen molar-refractivity contribution >= 4 is 57.5 Å². The summed E-state index contributed by atoms with van der Waals surface area (Å²) in [6.45, 7) is 3.51. The molecule has 0 aliphatic carbocycles. The highest BCUT2D eigenvalue weighted by Gasteiger charge is 2.27. The highest BCUT2D eigenvalue weighted by molar-refractivity contribution is 7.98. The van der Waals surface area contributed by atoms with Gasteiger partial charge in [-0.05, 0) is 43.9 Å². The van der Waals surface area contributed by atoms with Gasteiger partial charge >= 0.3 is 5.97 Å². The lowest BCUT2D eigenvalue weighted by molar-refractivity contribution is 0.0527. The van der Waals surface area contributed by atoms with Gasteiger partial charge in [0.1, 0.15) is 5.00 Å².